The lowest BCUT2D eigenvalue weighted by Gasteiger charge is -2.18. The Hall–Kier alpha value is -0.990. The topological polar surface area (TPSA) is 29.5 Å². The fourth-order valence-corrected chi connectivity index (χ4v) is 2.54. The quantitative estimate of drug-likeness (QED) is 0.291. The molecule has 0 heterocycles. The molecule has 0 aromatic heterocycles. The summed E-state index contributed by atoms with van der Waals surface area (Å²) in [7, 11) is 3.93. The zero-order chi connectivity index (χ0) is 16.1. The molecule has 0 aliphatic rings. The van der Waals surface area contributed by atoms with Crippen LogP contribution in [0.15, 0.2) is 11.3 Å². The number of carbonyl (C=O) groups is 1. The van der Waals surface area contributed by atoms with Crippen molar-refractivity contribution in [1.29, 1.82) is 0 Å². The molecule has 0 spiro atoms. The van der Waals surface area contributed by atoms with Gasteiger partial charge in [-0.15, -0.1) is 0 Å². The van der Waals surface area contributed by atoms with Crippen LogP contribution >= 0.6 is 0 Å². The van der Waals surface area contributed by atoms with Gasteiger partial charge in [0.25, 0.3) is 0 Å². The fourth-order valence-electron chi connectivity index (χ4n) is 2.54. The minimum atomic E-state index is -0.163. The SMILES string of the molecule is CCCCCCCCCCOC(=O)/C(C)=C(\CC)N(C)C. The van der Waals surface area contributed by atoms with Gasteiger partial charge in [-0.1, -0.05) is 58.8 Å². The molecule has 3 heteroatoms. The summed E-state index contributed by atoms with van der Waals surface area (Å²) in [6.45, 7) is 6.71. The molecule has 0 saturated carbocycles. The van der Waals surface area contributed by atoms with Gasteiger partial charge in [0.15, 0.2) is 0 Å². The highest BCUT2D eigenvalue weighted by atomic mass is 16.5. The molecule has 0 atom stereocenters. The number of unbranched alkanes of at least 4 members (excludes halogenated alkanes) is 7. The normalized spacial score (nSPS) is 12.0. The first-order chi connectivity index (χ1) is 10.0. The smallest absolute Gasteiger partial charge is 0.335 e. The van der Waals surface area contributed by atoms with Crippen molar-refractivity contribution in [3.8, 4) is 0 Å². The number of nitrogens with zero attached hydrogens (tertiary/aromatic N) is 1. The number of hydrogen-bond acceptors (Lipinski definition) is 3. The highest BCUT2D eigenvalue weighted by molar-refractivity contribution is 5.88. The molecule has 0 aliphatic carbocycles. The van der Waals surface area contributed by atoms with Crippen LogP contribution in [0.3, 0.4) is 0 Å². The van der Waals surface area contributed by atoms with E-state index in [1.165, 1.54) is 38.5 Å². The summed E-state index contributed by atoms with van der Waals surface area (Å²) in [5.74, 6) is -0.163. The van der Waals surface area contributed by atoms with Crippen LogP contribution in [0.5, 0.6) is 0 Å². The van der Waals surface area contributed by atoms with Crippen molar-refractivity contribution in [2.24, 2.45) is 0 Å². The molecule has 0 amide bonds. The molecule has 0 N–H and O–H groups in total. The molecule has 0 radical (unpaired) electrons. The Morgan fingerprint density at radius 3 is 1.90 bits per heavy atom. The van der Waals surface area contributed by atoms with Crippen LogP contribution in [-0.4, -0.2) is 31.6 Å². The van der Waals surface area contributed by atoms with Gasteiger partial charge in [0, 0.05) is 19.8 Å². The van der Waals surface area contributed by atoms with E-state index in [2.05, 4.69) is 13.8 Å². The molecule has 0 bridgehead atoms. The predicted molar refractivity (Wildman–Crippen MR) is 90.2 cm³/mol. The Balaban J connectivity index is 3.75. The maximum atomic E-state index is 11.9. The maximum absolute atomic E-state index is 11.9. The summed E-state index contributed by atoms with van der Waals surface area (Å²) in [5.41, 5.74) is 1.79. The third-order valence-corrected chi connectivity index (χ3v) is 3.84. The standard InChI is InChI=1S/C18H35NO2/c1-6-8-9-10-11-12-13-14-15-21-18(20)16(3)17(7-2)19(4)5/h6-15H2,1-5H3/b17-16+. The third-order valence-electron chi connectivity index (χ3n) is 3.84. The Bertz CT molecular complexity index is 308. The average Bonchev–Trinajstić information content (AvgIpc) is 2.45. The first kappa shape index (κ1) is 20.0. The van der Waals surface area contributed by atoms with E-state index >= 15 is 0 Å². The van der Waals surface area contributed by atoms with Gasteiger partial charge >= 0.3 is 5.97 Å². The molecular formula is C18H35NO2. The van der Waals surface area contributed by atoms with E-state index < -0.39 is 0 Å². The van der Waals surface area contributed by atoms with E-state index in [1.807, 2.05) is 25.9 Å². The van der Waals surface area contributed by atoms with E-state index in [0.717, 1.165) is 30.5 Å². The number of esters is 1. The number of hydrogen-bond donors (Lipinski definition) is 0. The molecular weight excluding hydrogens is 262 g/mol. The zero-order valence-electron chi connectivity index (χ0n) is 14.8. The monoisotopic (exact) mass is 297 g/mol. The summed E-state index contributed by atoms with van der Waals surface area (Å²) >= 11 is 0. The molecule has 0 rings (SSSR count). The lowest BCUT2D eigenvalue weighted by molar-refractivity contribution is -0.139. The van der Waals surface area contributed by atoms with Crippen molar-refractivity contribution in [2.75, 3.05) is 20.7 Å². The van der Waals surface area contributed by atoms with Gasteiger partial charge < -0.3 is 9.64 Å². The van der Waals surface area contributed by atoms with Gasteiger partial charge in [0.05, 0.1) is 12.2 Å². The molecule has 0 fully saturated rings. The van der Waals surface area contributed by atoms with Crippen molar-refractivity contribution in [1.82, 2.24) is 4.90 Å². The molecule has 0 aliphatic heterocycles. The van der Waals surface area contributed by atoms with Gasteiger partial charge in [0.2, 0.25) is 0 Å². The van der Waals surface area contributed by atoms with Crippen molar-refractivity contribution < 1.29 is 9.53 Å². The zero-order valence-corrected chi connectivity index (χ0v) is 14.8. The van der Waals surface area contributed by atoms with Gasteiger partial charge in [-0.2, -0.15) is 0 Å². The van der Waals surface area contributed by atoms with Crippen LogP contribution in [0.2, 0.25) is 0 Å². The van der Waals surface area contributed by atoms with Crippen LogP contribution in [0.1, 0.15) is 78.6 Å². The Labute approximate surface area is 131 Å². The minimum Gasteiger partial charge on any atom is -0.462 e. The summed E-state index contributed by atoms with van der Waals surface area (Å²) in [6.07, 6.45) is 10.9. The van der Waals surface area contributed by atoms with Gasteiger partial charge in [-0.05, 0) is 19.8 Å². The highest BCUT2D eigenvalue weighted by Gasteiger charge is 2.12. The minimum absolute atomic E-state index is 0.163. The predicted octanol–water partition coefficient (Wildman–Crippen LogP) is 4.92. The second-order valence-electron chi connectivity index (χ2n) is 5.93. The summed E-state index contributed by atoms with van der Waals surface area (Å²) in [5, 5.41) is 0. The second kappa shape index (κ2) is 12.7. The molecule has 21 heavy (non-hydrogen) atoms. The number of rotatable bonds is 12. The van der Waals surface area contributed by atoms with Crippen molar-refractivity contribution in [3.05, 3.63) is 11.3 Å². The molecule has 124 valence electrons. The van der Waals surface area contributed by atoms with Crippen LogP contribution in [-0.2, 0) is 9.53 Å². The maximum Gasteiger partial charge on any atom is 0.335 e. The molecule has 3 nitrogen and oxygen atoms in total. The molecule has 0 saturated heterocycles. The molecule has 0 aromatic rings. The van der Waals surface area contributed by atoms with Gasteiger partial charge in [0.1, 0.15) is 0 Å². The Morgan fingerprint density at radius 2 is 1.43 bits per heavy atom. The van der Waals surface area contributed by atoms with E-state index in [9.17, 15) is 4.79 Å². The fraction of sp³-hybridized carbons (Fsp3) is 0.833. The van der Waals surface area contributed by atoms with E-state index in [0.29, 0.717) is 6.61 Å². The number of ether oxygens (including phenoxy) is 1. The second-order valence-corrected chi connectivity index (χ2v) is 5.93. The lowest BCUT2D eigenvalue weighted by atomic mass is 10.1. The van der Waals surface area contributed by atoms with Crippen LogP contribution in [0, 0.1) is 0 Å². The summed E-state index contributed by atoms with van der Waals surface area (Å²) in [6, 6.07) is 0. The van der Waals surface area contributed by atoms with E-state index in [-0.39, 0.29) is 5.97 Å². The lowest BCUT2D eigenvalue weighted by Crippen LogP contribution is -2.17. The van der Waals surface area contributed by atoms with E-state index in [4.69, 9.17) is 4.74 Å². The molecule has 0 aromatic carbocycles. The Kier molecular flexibility index (Phi) is 12.1. The largest absolute Gasteiger partial charge is 0.462 e. The third kappa shape index (κ3) is 9.54. The highest BCUT2D eigenvalue weighted by Crippen LogP contribution is 2.13. The summed E-state index contributed by atoms with van der Waals surface area (Å²) in [4.78, 5) is 13.9. The van der Waals surface area contributed by atoms with Crippen molar-refractivity contribution in [3.63, 3.8) is 0 Å². The van der Waals surface area contributed by atoms with E-state index in [1.54, 1.807) is 0 Å². The van der Waals surface area contributed by atoms with Crippen LogP contribution in [0.25, 0.3) is 0 Å². The van der Waals surface area contributed by atoms with Gasteiger partial charge in [-0.3, -0.25) is 0 Å². The summed E-state index contributed by atoms with van der Waals surface area (Å²) < 4.78 is 5.36. The van der Waals surface area contributed by atoms with Crippen molar-refractivity contribution >= 4 is 5.97 Å². The average molecular weight is 297 g/mol. The number of carbonyl (C=O) groups excluding carboxylic acids is 1. The molecule has 0 unspecified atom stereocenters. The van der Waals surface area contributed by atoms with Crippen LogP contribution < -0.4 is 0 Å². The Morgan fingerprint density at radius 1 is 0.905 bits per heavy atom. The van der Waals surface area contributed by atoms with Gasteiger partial charge in [-0.25, -0.2) is 4.79 Å². The first-order valence-corrected chi connectivity index (χ1v) is 8.58. The number of allylic oxidation sites excluding steroid dienone is 1. The van der Waals surface area contributed by atoms with Crippen LogP contribution in [0.4, 0.5) is 0 Å². The first-order valence-electron chi connectivity index (χ1n) is 8.58. The van der Waals surface area contributed by atoms with Crippen molar-refractivity contribution in [2.45, 2.75) is 78.6 Å².